The molecular formula is C23H23ClF4N6O2. The summed E-state index contributed by atoms with van der Waals surface area (Å²) >= 11 is 5.81. The molecule has 2 aromatic heterocycles. The third kappa shape index (κ3) is 4.11. The van der Waals surface area contributed by atoms with Crippen LogP contribution in [0.15, 0.2) is 24.4 Å². The number of nitrogen functional groups attached to an aromatic ring is 1. The van der Waals surface area contributed by atoms with Gasteiger partial charge in [-0.25, -0.2) is 4.39 Å². The van der Waals surface area contributed by atoms with Crippen LogP contribution in [-0.2, 0) is 18.8 Å². The third-order valence-corrected chi connectivity index (χ3v) is 7.65. The molecule has 5 rings (SSSR count). The number of nitrogens with one attached hydrogen (secondary N) is 2. The van der Waals surface area contributed by atoms with Crippen molar-refractivity contribution < 1.29 is 27.5 Å². The van der Waals surface area contributed by atoms with Gasteiger partial charge in [-0.1, -0.05) is 11.6 Å². The molecule has 2 aliphatic carbocycles. The normalized spacial score (nSPS) is 25.8. The standard InChI is InChI=1S/C23H23ClF4N6O2/c1-34-20(29)17(21(35)31-13-2-3-16(25)15(24)6-13)18(33-34)10-4-11-7-22(36,8-12(11)5-10)14-9-30-32-19(14)23(26,27)28/h2-3,6,9-12,36H,4-5,7-8,29H2,1H3,(H,30,32)(H,31,35). The zero-order valence-electron chi connectivity index (χ0n) is 19.0. The lowest BCUT2D eigenvalue weighted by Crippen LogP contribution is -2.26. The Morgan fingerprint density at radius 1 is 1.31 bits per heavy atom. The molecule has 1 amide bonds. The van der Waals surface area contributed by atoms with E-state index in [-0.39, 0.29) is 58.3 Å². The number of aryl methyl sites for hydroxylation is 1. The van der Waals surface area contributed by atoms with E-state index in [1.807, 2.05) is 0 Å². The number of hydrogen-bond donors (Lipinski definition) is 4. The molecule has 0 radical (unpaired) electrons. The van der Waals surface area contributed by atoms with E-state index in [2.05, 4.69) is 20.6 Å². The summed E-state index contributed by atoms with van der Waals surface area (Å²) in [7, 11) is 1.61. The number of H-pyrrole nitrogens is 1. The molecule has 2 aliphatic rings. The molecule has 0 spiro atoms. The fourth-order valence-corrected chi connectivity index (χ4v) is 5.99. The Balaban J connectivity index is 1.36. The van der Waals surface area contributed by atoms with Crippen LogP contribution < -0.4 is 11.1 Å². The number of anilines is 2. The van der Waals surface area contributed by atoms with Gasteiger partial charge in [-0.15, -0.1) is 0 Å². The third-order valence-electron chi connectivity index (χ3n) is 7.36. The fourth-order valence-electron chi connectivity index (χ4n) is 5.81. The monoisotopic (exact) mass is 526 g/mol. The molecule has 0 bridgehead atoms. The molecule has 192 valence electrons. The molecule has 2 saturated carbocycles. The molecule has 2 fully saturated rings. The Bertz CT molecular complexity index is 1320. The minimum Gasteiger partial charge on any atom is -0.385 e. The summed E-state index contributed by atoms with van der Waals surface area (Å²) < 4.78 is 54.9. The number of halogens is 5. The second-order valence-corrected chi connectivity index (χ2v) is 10.0. The van der Waals surface area contributed by atoms with Crippen LogP contribution in [0.4, 0.5) is 29.1 Å². The Kier molecular flexibility index (Phi) is 5.79. The minimum absolute atomic E-state index is 0.0639. The summed E-state index contributed by atoms with van der Waals surface area (Å²) in [5, 5.41) is 23.7. The Morgan fingerprint density at radius 3 is 2.58 bits per heavy atom. The van der Waals surface area contributed by atoms with Gasteiger partial charge in [-0.05, 0) is 55.7 Å². The van der Waals surface area contributed by atoms with Crippen LogP contribution in [-0.4, -0.2) is 31.0 Å². The van der Waals surface area contributed by atoms with Gasteiger partial charge in [0.25, 0.3) is 5.91 Å². The number of benzene rings is 1. The number of hydrogen-bond acceptors (Lipinski definition) is 5. The van der Waals surface area contributed by atoms with Crippen LogP contribution in [0, 0.1) is 17.7 Å². The first-order chi connectivity index (χ1) is 16.9. The Morgan fingerprint density at radius 2 is 1.97 bits per heavy atom. The second kappa shape index (κ2) is 8.48. The first kappa shape index (κ1) is 24.6. The number of amides is 1. The van der Waals surface area contributed by atoms with E-state index in [0.29, 0.717) is 18.5 Å². The molecular weight excluding hydrogens is 504 g/mol. The lowest BCUT2D eigenvalue weighted by Gasteiger charge is -2.25. The highest BCUT2D eigenvalue weighted by Gasteiger charge is 2.53. The van der Waals surface area contributed by atoms with Crippen LogP contribution in [0.25, 0.3) is 0 Å². The summed E-state index contributed by atoms with van der Waals surface area (Å²) in [6, 6.07) is 3.79. The van der Waals surface area contributed by atoms with Gasteiger partial charge >= 0.3 is 6.18 Å². The van der Waals surface area contributed by atoms with E-state index in [1.165, 1.54) is 16.8 Å². The summed E-state index contributed by atoms with van der Waals surface area (Å²) in [4.78, 5) is 13.1. The van der Waals surface area contributed by atoms with Crippen molar-refractivity contribution in [1.82, 2.24) is 20.0 Å². The lowest BCUT2D eigenvalue weighted by molar-refractivity contribution is -0.144. The van der Waals surface area contributed by atoms with E-state index in [4.69, 9.17) is 17.3 Å². The molecule has 13 heteroatoms. The first-order valence-electron chi connectivity index (χ1n) is 11.3. The van der Waals surface area contributed by atoms with Crippen molar-refractivity contribution in [1.29, 1.82) is 0 Å². The Labute approximate surface area is 207 Å². The van der Waals surface area contributed by atoms with Crippen molar-refractivity contribution in [3.05, 3.63) is 57.8 Å². The number of carbonyl (C=O) groups is 1. The molecule has 8 nitrogen and oxygen atoms in total. The smallest absolute Gasteiger partial charge is 0.385 e. The SMILES string of the molecule is Cn1nc(C2CC3CC(O)(c4c[nH]nc4C(F)(F)F)CC3C2)c(C(=O)Nc2ccc(F)c(Cl)c2)c1N. The van der Waals surface area contributed by atoms with Crippen LogP contribution in [0.3, 0.4) is 0 Å². The van der Waals surface area contributed by atoms with E-state index in [0.717, 1.165) is 12.3 Å². The zero-order valence-corrected chi connectivity index (χ0v) is 19.8. The molecule has 0 saturated heterocycles. The van der Waals surface area contributed by atoms with Crippen LogP contribution in [0.5, 0.6) is 0 Å². The number of carbonyl (C=O) groups excluding carboxylic acids is 1. The highest BCUT2D eigenvalue weighted by atomic mass is 35.5. The van der Waals surface area contributed by atoms with E-state index < -0.39 is 29.2 Å². The van der Waals surface area contributed by atoms with Crippen LogP contribution in [0.1, 0.15) is 58.9 Å². The fraction of sp³-hybridized carbons (Fsp3) is 0.435. The van der Waals surface area contributed by atoms with E-state index >= 15 is 0 Å². The summed E-state index contributed by atoms with van der Waals surface area (Å²) in [6.45, 7) is 0. The van der Waals surface area contributed by atoms with Gasteiger partial charge in [-0.2, -0.15) is 23.4 Å². The van der Waals surface area contributed by atoms with Gasteiger partial charge in [0.05, 0.1) is 16.3 Å². The molecule has 1 aromatic carbocycles. The maximum atomic E-state index is 13.5. The van der Waals surface area contributed by atoms with E-state index in [9.17, 15) is 27.5 Å². The van der Waals surface area contributed by atoms with Gasteiger partial charge in [0.1, 0.15) is 17.2 Å². The van der Waals surface area contributed by atoms with Crippen molar-refractivity contribution in [2.75, 3.05) is 11.1 Å². The van der Waals surface area contributed by atoms with E-state index in [1.54, 1.807) is 7.05 Å². The van der Waals surface area contributed by atoms with Gasteiger partial charge < -0.3 is 16.2 Å². The number of aromatic amines is 1. The van der Waals surface area contributed by atoms with Crippen molar-refractivity contribution in [3.63, 3.8) is 0 Å². The van der Waals surface area contributed by atoms with Gasteiger partial charge in [0.2, 0.25) is 0 Å². The molecule has 0 aliphatic heterocycles. The highest BCUT2D eigenvalue weighted by Crippen LogP contribution is 2.58. The van der Waals surface area contributed by atoms with Crippen LogP contribution in [0.2, 0.25) is 5.02 Å². The average Bonchev–Trinajstić information content (AvgIpc) is 3.53. The van der Waals surface area contributed by atoms with Crippen molar-refractivity contribution in [3.8, 4) is 0 Å². The first-order valence-corrected chi connectivity index (χ1v) is 11.7. The number of rotatable bonds is 4. The number of alkyl halides is 3. The molecule has 5 N–H and O–H groups in total. The largest absolute Gasteiger partial charge is 0.435 e. The molecule has 36 heavy (non-hydrogen) atoms. The number of fused-ring (bicyclic) bond motifs is 1. The minimum atomic E-state index is -4.67. The second-order valence-electron chi connectivity index (χ2n) is 9.63. The summed E-state index contributed by atoms with van der Waals surface area (Å²) in [5.74, 6) is -1.29. The van der Waals surface area contributed by atoms with Gasteiger partial charge in [0, 0.05) is 30.4 Å². The quantitative estimate of drug-likeness (QED) is 0.371. The van der Waals surface area contributed by atoms with Crippen molar-refractivity contribution >= 4 is 29.0 Å². The number of nitrogens with two attached hydrogens (primary N) is 1. The predicted octanol–water partition coefficient (Wildman–Crippen LogP) is 4.58. The molecule has 2 atom stereocenters. The van der Waals surface area contributed by atoms with Gasteiger partial charge in [-0.3, -0.25) is 14.6 Å². The lowest BCUT2D eigenvalue weighted by atomic mass is 9.87. The zero-order chi connectivity index (χ0) is 26.0. The number of nitrogens with zero attached hydrogens (tertiary/aromatic N) is 3. The molecule has 3 aromatic rings. The predicted molar refractivity (Wildman–Crippen MR) is 123 cm³/mol. The van der Waals surface area contributed by atoms with Crippen LogP contribution >= 0.6 is 11.6 Å². The highest BCUT2D eigenvalue weighted by molar-refractivity contribution is 6.31. The number of aliphatic hydroxyl groups is 1. The van der Waals surface area contributed by atoms with Crippen molar-refractivity contribution in [2.45, 2.75) is 43.4 Å². The average molecular weight is 527 g/mol. The topological polar surface area (TPSA) is 122 Å². The summed E-state index contributed by atoms with van der Waals surface area (Å²) in [5.41, 5.74) is 4.15. The summed E-state index contributed by atoms with van der Waals surface area (Å²) in [6.07, 6.45) is -2.20. The maximum absolute atomic E-state index is 13.5. The van der Waals surface area contributed by atoms with Gasteiger partial charge in [0.15, 0.2) is 5.69 Å². The maximum Gasteiger partial charge on any atom is 0.435 e. The molecule has 2 heterocycles. The number of aromatic nitrogens is 4. The molecule has 2 unspecified atom stereocenters. The Hall–Kier alpha value is -3.12. The van der Waals surface area contributed by atoms with Crippen molar-refractivity contribution in [2.24, 2.45) is 18.9 Å².